The second-order valence-corrected chi connectivity index (χ2v) is 7.29. The molecule has 0 saturated carbocycles. The van der Waals surface area contributed by atoms with E-state index in [9.17, 15) is 9.59 Å². The van der Waals surface area contributed by atoms with Gasteiger partial charge in [0, 0.05) is 18.9 Å². The molecular formula is C23H25N5O3. The molecule has 8 nitrogen and oxygen atoms in total. The zero-order valence-electron chi connectivity index (χ0n) is 17.4. The maximum absolute atomic E-state index is 13.2. The molecule has 0 spiro atoms. The lowest BCUT2D eigenvalue weighted by Crippen LogP contribution is -2.31. The van der Waals surface area contributed by atoms with Crippen LogP contribution >= 0.6 is 0 Å². The quantitative estimate of drug-likeness (QED) is 0.614. The Labute approximate surface area is 180 Å². The molecule has 0 saturated heterocycles. The van der Waals surface area contributed by atoms with Crippen LogP contribution in [0.3, 0.4) is 0 Å². The first kappa shape index (κ1) is 20.7. The van der Waals surface area contributed by atoms with Crippen LogP contribution in [0.5, 0.6) is 0 Å². The number of nitrogens with one attached hydrogen (secondary N) is 2. The van der Waals surface area contributed by atoms with Gasteiger partial charge >= 0.3 is 0 Å². The van der Waals surface area contributed by atoms with Gasteiger partial charge in [-0.3, -0.25) is 9.59 Å². The molecule has 160 valence electrons. The van der Waals surface area contributed by atoms with Crippen molar-refractivity contribution in [3.63, 3.8) is 0 Å². The van der Waals surface area contributed by atoms with Crippen molar-refractivity contribution in [3.05, 3.63) is 83.2 Å². The van der Waals surface area contributed by atoms with Gasteiger partial charge in [-0.25, -0.2) is 9.97 Å². The van der Waals surface area contributed by atoms with Crippen LogP contribution in [0, 0.1) is 0 Å². The van der Waals surface area contributed by atoms with E-state index in [4.69, 9.17) is 4.74 Å². The van der Waals surface area contributed by atoms with Gasteiger partial charge in [0.15, 0.2) is 0 Å². The van der Waals surface area contributed by atoms with E-state index in [0.29, 0.717) is 35.9 Å². The minimum Gasteiger partial charge on any atom is -0.373 e. The largest absolute Gasteiger partial charge is 0.373 e. The number of nitrogens with zero attached hydrogens (tertiary/aromatic N) is 3. The van der Waals surface area contributed by atoms with E-state index in [1.807, 2.05) is 41.8 Å². The van der Waals surface area contributed by atoms with Crippen molar-refractivity contribution < 1.29 is 14.3 Å². The van der Waals surface area contributed by atoms with Crippen molar-refractivity contribution in [3.8, 4) is 0 Å². The molecule has 1 aliphatic rings. The number of carbonyl (C=O) groups is 2. The monoisotopic (exact) mass is 419 g/mol. The number of aromatic nitrogens is 3. The summed E-state index contributed by atoms with van der Waals surface area (Å²) in [5.74, 6) is 0.0342. The smallest absolute Gasteiger partial charge is 0.268 e. The van der Waals surface area contributed by atoms with Crippen LogP contribution in [0.25, 0.3) is 0 Å². The predicted octanol–water partition coefficient (Wildman–Crippen LogP) is 2.62. The summed E-state index contributed by atoms with van der Waals surface area (Å²) in [7, 11) is 0. The number of ether oxygens (including phenoxy) is 1. The molecule has 0 aliphatic carbocycles. The summed E-state index contributed by atoms with van der Waals surface area (Å²) in [6.07, 6.45) is 4.01. The van der Waals surface area contributed by atoms with E-state index in [0.717, 1.165) is 12.0 Å². The summed E-state index contributed by atoms with van der Waals surface area (Å²) in [5.41, 5.74) is 2.66. The molecule has 8 heteroatoms. The van der Waals surface area contributed by atoms with Gasteiger partial charge in [0.1, 0.15) is 11.5 Å². The highest BCUT2D eigenvalue weighted by atomic mass is 16.5. The molecule has 4 rings (SSSR count). The average molecular weight is 419 g/mol. The topological polar surface area (TPSA) is 98.1 Å². The number of hydrogen-bond donors (Lipinski definition) is 2. The highest BCUT2D eigenvalue weighted by molar-refractivity contribution is 6.00. The zero-order valence-corrected chi connectivity index (χ0v) is 17.4. The van der Waals surface area contributed by atoms with Crippen molar-refractivity contribution in [2.24, 2.45) is 0 Å². The Balaban J connectivity index is 1.55. The van der Waals surface area contributed by atoms with E-state index < -0.39 is 0 Å². The maximum Gasteiger partial charge on any atom is 0.268 e. The SMILES string of the molecule is CC[C@@H](NC(=O)c1cc(C(=O)NCc2ncccn2)c2n1CCOC2)c1ccccc1. The molecular weight excluding hydrogens is 394 g/mol. The van der Waals surface area contributed by atoms with Crippen molar-refractivity contribution >= 4 is 11.8 Å². The number of fused-ring (bicyclic) bond motifs is 1. The normalized spacial score (nSPS) is 13.8. The molecule has 1 aromatic carbocycles. The lowest BCUT2D eigenvalue weighted by molar-refractivity contribution is 0.0775. The summed E-state index contributed by atoms with van der Waals surface area (Å²) >= 11 is 0. The number of benzene rings is 1. The highest BCUT2D eigenvalue weighted by Crippen LogP contribution is 2.23. The Morgan fingerprint density at radius 1 is 1.13 bits per heavy atom. The molecule has 0 radical (unpaired) electrons. The number of rotatable bonds is 7. The van der Waals surface area contributed by atoms with Crippen molar-refractivity contribution in [2.75, 3.05) is 6.61 Å². The molecule has 2 aromatic heterocycles. The fourth-order valence-electron chi connectivity index (χ4n) is 3.72. The Morgan fingerprint density at radius 3 is 2.65 bits per heavy atom. The third-order valence-corrected chi connectivity index (χ3v) is 5.33. The maximum atomic E-state index is 13.2. The van der Waals surface area contributed by atoms with Crippen LogP contribution in [-0.4, -0.2) is 33.0 Å². The Hall–Kier alpha value is -3.52. The third-order valence-electron chi connectivity index (χ3n) is 5.33. The van der Waals surface area contributed by atoms with Crippen LogP contribution in [-0.2, 0) is 24.4 Å². The Kier molecular flexibility index (Phi) is 6.37. The number of hydrogen-bond acceptors (Lipinski definition) is 5. The molecule has 2 N–H and O–H groups in total. The fourth-order valence-corrected chi connectivity index (χ4v) is 3.72. The zero-order chi connectivity index (χ0) is 21.6. The number of amides is 2. The second kappa shape index (κ2) is 9.53. The van der Waals surface area contributed by atoms with Crippen LogP contribution in [0.2, 0.25) is 0 Å². The van der Waals surface area contributed by atoms with Gasteiger partial charge in [0.05, 0.1) is 37.1 Å². The lowest BCUT2D eigenvalue weighted by atomic mass is 10.0. The highest BCUT2D eigenvalue weighted by Gasteiger charge is 2.27. The summed E-state index contributed by atoms with van der Waals surface area (Å²) in [4.78, 5) is 34.2. The summed E-state index contributed by atoms with van der Waals surface area (Å²) in [6, 6.07) is 13.1. The molecule has 31 heavy (non-hydrogen) atoms. The van der Waals surface area contributed by atoms with E-state index in [-0.39, 0.29) is 31.0 Å². The third kappa shape index (κ3) is 4.64. The van der Waals surface area contributed by atoms with Crippen LogP contribution in [0.15, 0.2) is 54.9 Å². The van der Waals surface area contributed by atoms with Gasteiger partial charge in [-0.2, -0.15) is 0 Å². The molecule has 1 aliphatic heterocycles. The molecule has 0 unspecified atom stereocenters. The van der Waals surface area contributed by atoms with Crippen LogP contribution in [0.1, 0.15) is 57.3 Å². The van der Waals surface area contributed by atoms with E-state index >= 15 is 0 Å². The first-order chi connectivity index (χ1) is 15.2. The minimum atomic E-state index is -0.282. The standard InChI is InChI=1S/C23H25N5O3/c1-2-18(16-7-4-3-5-8-16)27-23(30)19-13-17(20-15-31-12-11-28(19)20)22(29)26-14-21-24-9-6-10-25-21/h3-10,13,18H,2,11-12,14-15H2,1H3,(H,26,29)(H,27,30)/t18-/m1/s1. The van der Waals surface area contributed by atoms with Crippen molar-refractivity contribution in [2.45, 2.75) is 39.1 Å². The van der Waals surface area contributed by atoms with Crippen LogP contribution in [0.4, 0.5) is 0 Å². The van der Waals surface area contributed by atoms with Gasteiger partial charge in [-0.05, 0) is 24.1 Å². The van der Waals surface area contributed by atoms with Crippen molar-refractivity contribution in [1.82, 2.24) is 25.2 Å². The molecule has 0 bridgehead atoms. The average Bonchev–Trinajstić information content (AvgIpc) is 3.22. The first-order valence-electron chi connectivity index (χ1n) is 10.4. The predicted molar refractivity (Wildman–Crippen MR) is 114 cm³/mol. The molecule has 1 atom stereocenters. The van der Waals surface area contributed by atoms with E-state index in [1.165, 1.54) is 0 Å². The molecule has 3 aromatic rings. The van der Waals surface area contributed by atoms with Gasteiger partial charge in [-0.15, -0.1) is 0 Å². The molecule has 3 heterocycles. The Morgan fingerprint density at radius 2 is 1.90 bits per heavy atom. The van der Waals surface area contributed by atoms with E-state index in [1.54, 1.807) is 24.5 Å². The molecule has 0 fully saturated rings. The lowest BCUT2D eigenvalue weighted by Gasteiger charge is -2.21. The fraction of sp³-hybridized carbons (Fsp3) is 0.304. The van der Waals surface area contributed by atoms with Crippen molar-refractivity contribution in [1.29, 1.82) is 0 Å². The first-order valence-corrected chi connectivity index (χ1v) is 10.4. The van der Waals surface area contributed by atoms with Gasteiger partial charge < -0.3 is 19.9 Å². The van der Waals surface area contributed by atoms with Crippen LogP contribution < -0.4 is 10.6 Å². The number of carbonyl (C=O) groups excluding carboxylic acids is 2. The second-order valence-electron chi connectivity index (χ2n) is 7.29. The van der Waals surface area contributed by atoms with Gasteiger partial charge in [0.25, 0.3) is 11.8 Å². The summed E-state index contributed by atoms with van der Waals surface area (Å²) < 4.78 is 7.44. The summed E-state index contributed by atoms with van der Waals surface area (Å²) in [6.45, 7) is 3.54. The van der Waals surface area contributed by atoms with Gasteiger partial charge in [0.2, 0.25) is 0 Å². The van der Waals surface area contributed by atoms with Gasteiger partial charge in [-0.1, -0.05) is 37.3 Å². The minimum absolute atomic E-state index is 0.104. The van der Waals surface area contributed by atoms with E-state index in [2.05, 4.69) is 20.6 Å². The Bertz CT molecular complexity index is 1050. The molecule has 2 amide bonds. The summed E-state index contributed by atoms with van der Waals surface area (Å²) in [5, 5.41) is 5.94.